The van der Waals surface area contributed by atoms with E-state index in [1.807, 2.05) is 19.9 Å². The van der Waals surface area contributed by atoms with Gasteiger partial charge >= 0.3 is 5.97 Å². The fourth-order valence-corrected chi connectivity index (χ4v) is 2.59. The van der Waals surface area contributed by atoms with E-state index in [-0.39, 0.29) is 5.56 Å². The average Bonchev–Trinajstić information content (AvgIpc) is 2.98. The van der Waals surface area contributed by atoms with Crippen molar-refractivity contribution >= 4 is 11.9 Å². The van der Waals surface area contributed by atoms with Gasteiger partial charge in [-0.25, -0.2) is 14.5 Å². The van der Waals surface area contributed by atoms with E-state index in [0.29, 0.717) is 11.4 Å². The van der Waals surface area contributed by atoms with E-state index in [1.165, 1.54) is 6.20 Å². The van der Waals surface area contributed by atoms with Gasteiger partial charge < -0.3 is 10.5 Å². The topological polar surface area (TPSA) is 100 Å². The van der Waals surface area contributed by atoms with Crippen molar-refractivity contribution in [2.45, 2.75) is 20.0 Å². The van der Waals surface area contributed by atoms with Crippen LogP contribution in [-0.2, 0) is 9.53 Å². The van der Waals surface area contributed by atoms with Crippen LogP contribution in [0, 0.1) is 13.8 Å². The molecule has 1 aromatic carbocycles. The Labute approximate surface area is 150 Å². The summed E-state index contributed by atoms with van der Waals surface area (Å²) in [6, 6.07) is 13.8. The first-order chi connectivity index (χ1) is 12.5. The van der Waals surface area contributed by atoms with Crippen molar-refractivity contribution in [1.29, 1.82) is 0 Å². The number of aromatic nitrogens is 3. The van der Waals surface area contributed by atoms with Crippen LogP contribution in [0.3, 0.4) is 0 Å². The molecule has 0 aliphatic carbocycles. The Kier molecular flexibility index (Phi) is 4.79. The number of rotatable bonds is 5. The molecule has 0 bridgehead atoms. The molecule has 2 heterocycles. The van der Waals surface area contributed by atoms with E-state index in [9.17, 15) is 9.59 Å². The molecule has 3 aromatic rings. The van der Waals surface area contributed by atoms with Gasteiger partial charge in [-0.05, 0) is 32.0 Å². The number of carbonyl (C=O) groups is 2. The van der Waals surface area contributed by atoms with Crippen molar-refractivity contribution in [3.8, 4) is 5.82 Å². The highest BCUT2D eigenvalue weighted by molar-refractivity contribution is 5.92. The van der Waals surface area contributed by atoms with Gasteiger partial charge in [-0.2, -0.15) is 5.10 Å². The third-order valence-electron chi connectivity index (χ3n) is 3.80. The maximum absolute atomic E-state index is 12.4. The number of ether oxygens (including phenoxy) is 1. The van der Waals surface area contributed by atoms with Gasteiger partial charge in [-0.1, -0.05) is 30.3 Å². The van der Waals surface area contributed by atoms with Crippen molar-refractivity contribution in [2.75, 3.05) is 0 Å². The van der Waals surface area contributed by atoms with Crippen molar-refractivity contribution in [1.82, 2.24) is 14.8 Å². The molecule has 1 atom stereocenters. The molecule has 0 aliphatic rings. The third-order valence-corrected chi connectivity index (χ3v) is 3.80. The molecule has 0 aliphatic heterocycles. The molecule has 7 heteroatoms. The monoisotopic (exact) mass is 350 g/mol. The number of benzene rings is 1. The van der Waals surface area contributed by atoms with Crippen LogP contribution in [0.2, 0.25) is 0 Å². The van der Waals surface area contributed by atoms with Gasteiger partial charge in [-0.3, -0.25) is 4.79 Å². The van der Waals surface area contributed by atoms with Crippen LogP contribution in [0.5, 0.6) is 0 Å². The molecule has 2 N–H and O–H groups in total. The molecule has 1 unspecified atom stereocenters. The summed E-state index contributed by atoms with van der Waals surface area (Å²) < 4.78 is 6.96. The Morgan fingerprint density at radius 2 is 1.85 bits per heavy atom. The smallest absolute Gasteiger partial charge is 0.340 e. The molecule has 0 saturated heterocycles. The molecule has 0 radical (unpaired) electrons. The molecule has 1 amide bonds. The lowest BCUT2D eigenvalue weighted by atomic mass is 10.1. The molecule has 132 valence electrons. The number of hydrogen-bond acceptors (Lipinski definition) is 5. The fourth-order valence-electron chi connectivity index (χ4n) is 2.59. The number of primary amides is 1. The average molecular weight is 350 g/mol. The summed E-state index contributed by atoms with van der Waals surface area (Å²) in [7, 11) is 0. The lowest BCUT2D eigenvalue weighted by Gasteiger charge is -2.15. The number of nitrogens with zero attached hydrogens (tertiary/aromatic N) is 3. The maximum Gasteiger partial charge on any atom is 0.340 e. The first kappa shape index (κ1) is 17.3. The van der Waals surface area contributed by atoms with E-state index < -0.39 is 18.0 Å². The Balaban J connectivity index is 1.79. The van der Waals surface area contributed by atoms with Gasteiger partial charge in [0.15, 0.2) is 5.82 Å². The van der Waals surface area contributed by atoms with E-state index in [4.69, 9.17) is 10.5 Å². The Bertz CT molecular complexity index is 933. The van der Waals surface area contributed by atoms with E-state index in [2.05, 4.69) is 10.1 Å². The van der Waals surface area contributed by atoms with Crippen molar-refractivity contribution in [3.05, 3.63) is 77.2 Å². The van der Waals surface area contributed by atoms with Crippen molar-refractivity contribution in [3.63, 3.8) is 0 Å². The van der Waals surface area contributed by atoms with Gasteiger partial charge in [0, 0.05) is 17.5 Å². The second-order valence-corrected chi connectivity index (χ2v) is 5.84. The largest absolute Gasteiger partial charge is 0.444 e. The minimum Gasteiger partial charge on any atom is -0.444 e. The standard InChI is InChI=1S/C19H18N4O3/c1-12-10-13(2)23(22-12)16-9-8-15(11-21-16)19(25)26-17(18(20)24)14-6-4-3-5-7-14/h3-11,17H,1-2H3,(H2,20,24). The molecule has 3 rings (SSSR count). The molecule has 0 spiro atoms. The third kappa shape index (κ3) is 3.61. The molecule has 7 nitrogen and oxygen atoms in total. The first-order valence-electron chi connectivity index (χ1n) is 8.00. The second kappa shape index (κ2) is 7.18. The summed E-state index contributed by atoms with van der Waals surface area (Å²) >= 11 is 0. The van der Waals surface area contributed by atoms with Gasteiger partial charge in [0.05, 0.1) is 11.3 Å². The minimum atomic E-state index is -1.15. The zero-order chi connectivity index (χ0) is 18.7. The Morgan fingerprint density at radius 1 is 1.12 bits per heavy atom. The minimum absolute atomic E-state index is 0.220. The predicted molar refractivity (Wildman–Crippen MR) is 94.6 cm³/mol. The molecular formula is C19H18N4O3. The van der Waals surface area contributed by atoms with Crippen molar-refractivity contribution < 1.29 is 14.3 Å². The van der Waals surface area contributed by atoms with Crippen LogP contribution < -0.4 is 5.73 Å². The Hall–Kier alpha value is -3.48. The van der Waals surface area contributed by atoms with Crippen LogP contribution >= 0.6 is 0 Å². The van der Waals surface area contributed by atoms with Crippen LogP contribution in [0.4, 0.5) is 0 Å². The van der Waals surface area contributed by atoms with E-state index >= 15 is 0 Å². The summed E-state index contributed by atoms with van der Waals surface area (Å²) in [5.41, 5.74) is 7.91. The number of hydrogen-bond donors (Lipinski definition) is 1. The lowest BCUT2D eigenvalue weighted by molar-refractivity contribution is -0.127. The number of carbonyl (C=O) groups excluding carboxylic acids is 2. The summed E-state index contributed by atoms with van der Waals surface area (Å²) in [5, 5.41) is 4.34. The highest BCUT2D eigenvalue weighted by Gasteiger charge is 2.23. The van der Waals surface area contributed by atoms with Gasteiger partial charge in [0.25, 0.3) is 5.91 Å². The normalized spacial score (nSPS) is 11.8. The van der Waals surface area contributed by atoms with E-state index in [0.717, 1.165) is 11.4 Å². The summed E-state index contributed by atoms with van der Waals surface area (Å²) in [6.07, 6.45) is 0.233. The zero-order valence-corrected chi connectivity index (χ0v) is 14.4. The van der Waals surface area contributed by atoms with Crippen LogP contribution in [0.25, 0.3) is 5.82 Å². The number of esters is 1. The highest BCUT2D eigenvalue weighted by Crippen LogP contribution is 2.19. The summed E-state index contributed by atoms with van der Waals surface area (Å²) in [6.45, 7) is 3.81. The van der Waals surface area contributed by atoms with Crippen LogP contribution in [0.1, 0.15) is 33.4 Å². The number of amides is 1. The predicted octanol–water partition coefficient (Wildman–Crippen LogP) is 2.27. The quantitative estimate of drug-likeness (QED) is 0.712. The molecule has 0 fully saturated rings. The van der Waals surface area contributed by atoms with Crippen LogP contribution in [-0.4, -0.2) is 26.6 Å². The van der Waals surface area contributed by atoms with Gasteiger partial charge in [-0.15, -0.1) is 0 Å². The van der Waals surface area contributed by atoms with Gasteiger partial charge in [0.1, 0.15) is 0 Å². The zero-order valence-electron chi connectivity index (χ0n) is 14.4. The summed E-state index contributed by atoms with van der Waals surface area (Å²) in [4.78, 5) is 28.3. The molecule has 26 heavy (non-hydrogen) atoms. The number of aryl methyl sites for hydroxylation is 2. The van der Waals surface area contributed by atoms with Crippen LogP contribution in [0.15, 0.2) is 54.7 Å². The Morgan fingerprint density at radius 3 is 2.38 bits per heavy atom. The molecule has 0 saturated carbocycles. The summed E-state index contributed by atoms with van der Waals surface area (Å²) in [5.74, 6) is -0.830. The van der Waals surface area contributed by atoms with Crippen molar-refractivity contribution in [2.24, 2.45) is 5.73 Å². The molecular weight excluding hydrogens is 332 g/mol. The lowest BCUT2D eigenvalue weighted by Crippen LogP contribution is -2.26. The number of pyridine rings is 1. The maximum atomic E-state index is 12.4. The molecule has 2 aromatic heterocycles. The first-order valence-corrected chi connectivity index (χ1v) is 8.00. The SMILES string of the molecule is Cc1cc(C)n(-c2ccc(C(=O)OC(C(N)=O)c3ccccc3)cn2)n1. The highest BCUT2D eigenvalue weighted by atomic mass is 16.5. The fraction of sp³-hybridized carbons (Fsp3) is 0.158. The van der Waals surface area contributed by atoms with E-state index in [1.54, 1.807) is 47.1 Å². The second-order valence-electron chi connectivity index (χ2n) is 5.84. The van der Waals surface area contributed by atoms with Gasteiger partial charge in [0.2, 0.25) is 6.10 Å². The number of nitrogens with two attached hydrogens (primary N) is 1.